The van der Waals surface area contributed by atoms with Crippen molar-refractivity contribution in [1.29, 1.82) is 0 Å². The van der Waals surface area contributed by atoms with E-state index >= 15 is 0 Å². The van der Waals surface area contributed by atoms with Crippen LogP contribution in [-0.4, -0.2) is 54.3 Å². The smallest absolute Gasteiger partial charge is 0.136 e. The Balaban J connectivity index is 1.47. The van der Waals surface area contributed by atoms with Gasteiger partial charge in [0.05, 0.1) is 0 Å². The van der Waals surface area contributed by atoms with Gasteiger partial charge < -0.3 is 4.90 Å². The fraction of sp³-hybridized carbons (Fsp3) is 0.933. The van der Waals surface area contributed by atoms with E-state index in [9.17, 15) is 4.79 Å². The third-order valence-corrected chi connectivity index (χ3v) is 5.33. The van der Waals surface area contributed by atoms with Crippen molar-refractivity contribution in [3.8, 4) is 0 Å². The summed E-state index contributed by atoms with van der Waals surface area (Å²) < 4.78 is 0. The van der Waals surface area contributed by atoms with Gasteiger partial charge in [0.25, 0.3) is 0 Å². The maximum absolute atomic E-state index is 11.6. The van der Waals surface area contributed by atoms with Gasteiger partial charge in [0.15, 0.2) is 0 Å². The summed E-state index contributed by atoms with van der Waals surface area (Å²) in [6.07, 6.45) is 8.31. The summed E-state index contributed by atoms with van der Waals surface area (Å²) in [5.41, 5.74) is 0. The number of rotatable bonds is 3. The Morgan fingerprint density at radius 3 is 2.28 bits per heavy atom. The van der Waals surface area contributed by atoms with E-state index < -0.39 is 0 Å². The van der Waals surface area contributed by atoms with E-state index in [0.29, 0.717) is 17.9 Å². The molecule has 3 aliphatic heterocycles. The van der Waals surface area contributed by atoms with Crippen LogP contribution in [0.3, 0.4) is 0 Å². The number of fused-ring (bicyclic) bond motifs is 2. The van der Waals surface area contributed by atoms with Gasteiger partial charge in [-0.3, -0.25) is 9.69 Å². The molecule has 3 aliphatic rings. The van der Waals surface area contributed by atoms with E-state index in [1.165, 1.54) is 51.7 Å². The first-order chi connectivity index (χ1) is 8.72. The highest BCUT2D eigenvalue weighted by molar-refractivity contribution is 5.80. The molecule has 3 saturated heterocycles. The lowest BCUT2D eigenvalue weighted by Gasteiger charge is -2.36. The fourth-order valence-electron chi connectivity index (χ4n) is 4.11. The number of carbonyl (C=O) groups excluding carboxylic acids is 1. The molecule has 2 bridgehead atoms. The average molecular weight is 250 g/mol. The maximum Gasteiger partial charge on any atom is 0.136 e. The Morgan fingerprint density at radius 2 is 1.67 bits per heavy atom. The van der Waals surface area contributed by atoms with E-state index in [0.717, 1.165) is 18.8 Å². The molecule has 2 unspecified atom stereocenters. The van der Waals surface area contributed by atoms with Crippen LogP contribution in [0.15, 0.2) is 0 Å². The first-order valence-electron chi connectivity index (χ1n) is 7.68. The van der Waals surface area contributed by atoms with Crippen molar-refractivity contribution in [2.45, 2.75) is 57.0 Å². The molecule has 0 N–H and O–H groups in total. The van der Waals surface area contributed by atoms with Crippen molar-refractivity contribution < 1.29 is 4.79 Å². The number of nitrogens with zero attached hydrogens (tertiary/aromatic N) is 2. The van der Waals surface area contributed by atoms with Crippen LogP contribution in [0.25, 0.3) is 0 Å². The predicted molar refractivity (Wildman–Crippen MR) is 72.6 cm³/mol. The highest BCUT2D eigenvalue weighted by Gasteiger charge is 2.39. The highest BCUT2D eigenvalue weighted by atomic mass is 16.1. The van der Waals surface area contributed by atoms with E-state index in [-0.39, 0.29) is 0 Å². The molecule has 3 fully saturated rings. The summed E-state index contributed by atoms with van der Waals surface area (Å²) in [5, 5.41) is 0. The van der Waals surface area contributed by atoms with Gasteiger partial charge in [-0.1, -0.05) is 0 Å². The molecule has 3 heteroatoms. The molecule has 0 aromatic heterocycles. The van der Waals surface area contributed by atoms with Crippen molar-refractivity contribution >= 4 is 5.78 Å². The zero-order valence-corrected chi connectivity index (χ0v) is 11.6. The fourth-order valence-corrected chi connectivity index (χ4v) is 4.11. The Hall–Kier alpha value is -0.410. The van der Waals surface area contributed by atoms with E-state index in [2.05, 4.69) is 16.8 Å². The molecule has 18 heavy (non-hydrogen) atoms. The van der Waals surface area contributed by atoms with Gasteiger partial charge >= 0.3 is 0 Å². The number of Topliss-reactive ketones (excluding diaryl/α,β-unsaturated/α-hetero) is 1. The van der Waals surface area contributed by atoms with Crippen LogP contribution in [-0.2, 0) is 4.79 Å². The lowest BCUT2D eigenvalue weighted by molar-refractivity contribution is -0.123. The van der Waals surface area contributed by atoms with Crippen molar-refractivity contribution in [3.63, 3.8) is 0 Å². The minimum Gasteiger partial charge on any atom is -0.306 e. The van der Waals surface area contributed by atoms with Gasteiger partial charge in [0.2, 0.25) is 0 Å². The zero-order chi connectivity index (χ0) is 12.5. The molecule has 0 radical (unpaired) electrons. The highest BCUT2D eigenvalue weighted by Crippen LogP contribution is 2.34. The largest absolute Gasteiger partial charge is 0.306 e. The van der Waals surface area contributed by atoms with Crippen LogP contribution in [0.1, 0.15) is 44.9 Å². The molecular formula is C15H26N2O. The van der Waals surface area contributed by atoms with Crippen LogP contribution < -0.4 is 0 Å². The molecule has 3 rings (SSSR count). The SMILES string of the molecule is CN1CCC(CCN2C3CCC2CC(=O)C3)CC1. The lowest BCUT2D eigenvalue weighted by Crippen LogP contribution is -2.44. The quantitative estimate of drug-likeness (QED) is 0.764. The molecule has 0 aromatic carbocycles. The van der Waals surface area contributed by atoms with Gasteiger partial charge in [-0.15, -0.1) is 0 Å². The van der Waals surface area contributed by atoms with Crippen LogP contribution in [0.2, 0.25) is 0 Å². The Morgan fingerprint density at radius 1 is 1.06 bits per heavy atom. The Labute approximate surface area is 111 Å². The molecular weight excluding hydrogens is 224 g/mol. The number of carbonyl (C=O) groups is 1. The van der Waals surface area contributed by atoms with Crippen LogP contribution in [0, 0.1) is 5.92 Å². The molecule has 0 saturated carbocycles. The molecule has 102 valence electrons. The summed E-state index contributed by atoms with van der Waals surface area (Å²) in [4.78, 5) is 16.7. The molecule has 0 spiro atoms. The third kappa shape index (κ3) is 2.62. The van der Waals surface area contributed by atoms with Crippen LogP contribution in [0.4, 0.5) is 0 Å². The summed E-state index contributed by atoms with van der Waals surface area (Å²) >= 11 is 0. The van der Waals surface area contributed by atoms with Gasteiger partial charge in [-0.05, 0) is 64.7 Å². The minimum atomic E-state index is 0.512. The van der Waals surface area contributed by atoms with E-state index in [1.807, 2.05) is 0 Å². The average Bonchev–Trinajstić information content (AvgIpc) is 2.60. The second-order valence-corrected chi connectivity index (χ2v) is 6.61. The van der Waals surface area contributed by atoms with Gasteiger partial charge in [-0.25, -0.2) is 0 Å². The number of likely N-dealkylation sites (tertiary alicyclic amines) is 1. The number of hydrogen-bond acceptors (Lipinski definition) is 3. The third-order valence-electron chi connectivity index (χ3n) is 5.33. The second kappa shape index (κ2) is 5.30. The predicted octanol–water partition coefficient (Wildman–Crippen LogP) is 1.91. The van der Waals surface area contributed by atoms with Gasteiger partial charge in [0.1, 0.15) is 5.78 Å². The van der Waals surface area contributed by atoms with E-state index in [1.54, 1.807) is 0 Å². The summed E-state index contributed by atoms with van der Waals surface area (Å²) in [6.45, 7) is 3.79. The van der Waals surface area contributed by atoms with Crippen molar-refractivity contribution in [3.05, 3.63) is 0 Å². The molecule has 3 nitrogen and oxygen atoms in total. The zero-order valence-electron chi connectivity index (χ0n) is 11.6. The molecule has 0 amide bonds. The topological polar surface area (TPSA) is 23.6 Å². The second-order valence-electron chi connectivity index (χ2n) is 6.61. The Bertz CT molecular complexity index is 294. The lowest BCUT2D eigenvalue weighted by atomic mass is 9.92. The molecule has 2 atom stereocenters. The van der Waals surface area contributed by atoms with Crippen molar-refractivity contribution in [2.75, 3.05) is 26.7 Å². The monoisotopic (exact) mass is 250 g/mol. The molecule has 0 aliphatic carbocycles. The van der Waals surface area contributed by atoms with Gasteiger partial charge in [0, 0.05) is 24.9 Å². The first kappa shape index (κ1) is 12.6. The van der Waals surface area contributed by atoms with Crippen LogP contribution in [0.5, 0.6) is 0 Å². The maximum atomic E-state index is 11.6. The number of hydrogen-bond donors (Lipinski definition) is 0. The Kier molecular flexibility index (Phi) is 3.71. The minimum absolute atomic E-state index is 0.512. The van der Waals surface area contributed by atoms with Crippen LogP contribution >= 0.6 is 0 Å². The summed E-state index contributed by atoms with van der Waals surface area (Å²) in [7, 11) is 2.23. The number of piperidine rings is 2. The molecule has 3 heterocycles. The van der Waals surface area contributed by atoms with Gasteiger partial charge in [-0.2, -0.15) is 0 Å². The normalized spacial score (nSPS) is 35.3. The molecule has 0 aromatic rings. The summed E-state index contributed by atoms with van der Waals surface area (Å²) in [5.74, 6) is 1.44. The summed E-state index contributed by atoms with van der Waals surface area (Å²) in [6, 6.07) is 1.20. The first-order valence-corrected chi connectivity index (χ1v) is 7.68. The standard InChI is InChI=1S/C15H26N2O/c1-16-7-4-12(5-8-16)6-9-17-13-2-3-14(17)11-15(18)10-13/h12-14H,2-11H2,1H3. The van der Waals surface area contributed by atoms with E-state index in [4.69, 9.17) is 0 Å². The van der Waals surface area contributed by atoms with Crippen molar-refractivity contribution in [1.82, 2.24) is 9.80 Å². The van der Waals surface area contributed by atoms with Crippen molar-refractivity contribution in [2.24, 2.45) is 5.92 Å². The number of ketones is 1.